The van der Waals surface area contributed by atoms with Gasteiger partial charge in [-0.1, -0.05) is 0 Å². The molecule has 1 N–H and O–H groups in total. The lowest BCUT2D eigenvalue weighted by molar-refractivity contribution is 0.0917. The molecule has 0 spiro atoms. The first-order chi connectivity index (χ1) is 7.18. The number of ether oxygens (including phenoxy) is 1. The maximum Gasteiger partial charge on any atom is 0.137 e. The molecule has 82 valence electrons. The first kappa shape index (κ1) is 10.7. The summed E-state index contributed by atoms with van der Waals surface area (Å²) in [4.78, 5) is 2.41. The van der Waals surface area contributed by atoms with E-state index in [1.807, 2.05) is 19.1 Å². The van der Waals surface area contributed by atoms with Gasteiger partial charge in [0, 0.05) is 15.3 Å². The van der Waals surface area contributed by atoms with E-state index in [0.29, 0.717) is 0 Å². The molecule has 0 bridgehead atoms. The molecule has 1 unspecified atom stereocenters. The molecule has 0 amide bonds. The minimum Gasteiger partial charge on any atom is -0.495 e. The summed E-state index contributed by atoms with van der Waals surface area (Å²) in [5.74, 6) is 0.724. The van der Waals surface area contributed by atoms with Crippen molar-refractivity contribution in [2.45, 2.75) is 32.8 Å². The minimum absolute atomic E-state index is 0.574. The zero-order valence-electron chi connectivity index (χ0n) is 9.12. The summed E-state index contributed by atoms with van der Waals surface area (Å²) in [7, 11) is 0. The standard InChI is InChI=1S/C12H16O2S/c1-8-7-10(9(2)15-8)12(13)11-5-3-4-6-14-11/h5,7,12-13H,3-4,6H2,1-2H3. The van der Waals surface area contributed by atoms with Crippen LogP contribution in [0, 0.1) is 13.8 Å². The maximum atomic E-state index is 10.2. The van der Waals surface area contributed by atoms with Crippen LogP contribution < -0.4 is 0 Å². The summed E-state index contributed by atoms with van der Waals surface area (Å²) in [5.41, 5.74) is 0.991. The van der Waals surface area contributed by atoms with Crippen molar-refractivity contribution in [1.82, 2.24) is 0 Å². The van der Waals surface area contributed by atoms with Crippen molar-refractivity contribution >= 4 is 11.3 Å². The predicted molar refractivity (Wildman–Crippen MR) is 62.0 cm³/mol. The number of allylic oxidation sites excluding steroid dienone is 1. The molecule has 0 saturated carbocycles. The zero-order valence-corrected chi connectivity index (χ0v) is 9.93. The second kappa shape index (κ2) is 4.37. The Hall–Kier alpha value is -0.800. The van der Waals surface area contributed by atoms with Crippen molar-refractivity contribution in [3.05, 3.63) is 33.2 Å². The molecule has 2 heterocycles. The molecule has 15 heavy (non-hydrogen) atoms. The van der Waals surface area contributed by atoms with E-state index in [9.17, 15) is 5.11 Å². The highest BCUT2D eigenvalue weighted by Gasteiger charge is 2.20. The Kier molecular flexibility index (Phi) is 3.12. The topological polar surface area (TPSA) is 29.5 Å². The number of hydrogen-bond acceptors (Lipinski definition) is 3. The van der Waals surface area contributed by atoms with Gasteiger partial charge in [-0.2, -0.15) is 0 Å². The van der Waals surface area contributed by atoms with E-state index >= 15 is 0 Å². The van der Waals surface area contributed by atoms with Crippen LogP contribution in [0.25, 0.3) is 0 Å². The number of aryl methyl sites for hydroxylation is 2. The second-order valence-electron chi connectivity index (χ2n) is 3.87. The van der Waals surface area contributed by atoms with Gasteiger partial charge in [0.2, 0.25) is 0 Å². The van der Waals surface area contributed by atoms with Crippen LogP contribution in [-0.2, 0) is 4.74 Å². The van der Waals surface area contributed by atoms with E-state index in [1.165, 1.54) is 9.75 Å². The van der Waals surface area contributed by atoms with Crippen LogP contribution in [0.5, 0.6) is 0 Å². The van der Waals surface area contributed by atoms with Gasteiger partial charge in [-0.05, 0) is 38.8 Å². The lowest BCUT2D eigenvalue weighted by atomic mass is 10.1. The third-order valence-electron chi connectivity index (χ3n) is 2.61. The monoisotopic (exact) mass is 224 g/mol. The molecule has 0 radical (unpaired) electrons. The lowest BCUT2D eigenvalue weighted by Crippen LogP contribution is -2.09. The van der Waals surface area contributed by atoms with Crippen LogP contribution >= 0.6 is 11.3 Å². The van der Waals surface area contributed by atoms with E-state index in [2.05, 4.69) is 6.92 Å². The molecule has 0 fully saturated rings. The predicted octanol–water partition coefficient (Wildman–Crippen LogP) is 3.09. The Balaban J connectivity index is 2.23. The number of rotatable bonds is 2. The number of thiophene rings is 1. The normalized spacial score (nSPS) is 18.2. The lowest BCUT2D eigenvalue weighted by Gasteiger charge is -2.19. The van der Waals surface area contributed by atoms with Gasteiger partial charge in [0.15, 0.2) is 0 Å². The third-order valence-corrected chi connectivity index (χ3v) is 3.59. The average molecular weight is 224 g/mol. The number of aliphatic hydroxyl groups is 1. The first-order valence-electron chi connectivity index (χ1n) is 5.26. The van der Waals surface area contributed by atoms with Crippen molar-refractivity contribution in [3.63, 3.8) is 0 Å². The summed E-state index contributed by atoms with van der Waals surface area (Å²) < 4.78 is 5.47. The SMILES string of the molecule is Cc1cc(C(O)C2=CCCCO2)c(C)s1. The number of hydrogen-bond donors (Lipinski definition) is 1. The molecule has 1 atom stereocenters. The molecule has 1 aromatic rings. The van der Waals surface area contributed by atoms with Crippen molar-refractivity contribution in [1.29, 1.82) is 0 Å². The first-order valence-corrected chi connectivity index (χ1v) is 6.08. The van der Waals surface area contributed by atoms with Gasteiger partial charge in [0.1, 0.15) is 11.9 Å². The van der Waals surface area contributed by atoms with E-state index in [0.717, 1.165) is 30.8 Å². The molecule has 1 aliphatic heterocycles. The van der Waals surface area contributed by atoms with Crippen LogP contribution in [0.4, 0.5) is 0 Å². The quantitative estimate of drug-likeness (QED) is 0.836. The van der Waals surface area contributed by atoms with Gasteiger partial charge in [0.05, 0.1) is 6.61 Å². The Labute approximate surface area is 94.2 Å². The van der Waals surface area contributed by atoms with Gasteiger partial charge in [-0.3, -0.25) is 0 Å². The molecular weight excluding hydrogens is 208 g/mol. The molecule has 1 aromatic heterocycles. The molecule has 3 heteroatoms. The van der Waals surface area contributed by atoms with Crippen molar-refractivity contribution < 1.29 is 9.84 Å². The number of aliphatic hydroxyl groups excluding tert-OH is 1. The Morgan fingerprint density at radius 3 is 2.80 bits per heavy atom. The van der Waals surface area contributed by atoms with Crippen LogP contribution in [0.2, 0.25) is 0 Å². The average Bonchev–Trinajstić information content (AvgIpc) is 2.58. The van der Waals surface area contributed by atoms with Crippen molar-refractivity contribution in [2.75, 3.05) is 6.61 Å². The van der Waals surface area contributed by atoms with Gasteiger partial charge < -0.3 is 9.84 Å². The van der Waals surface area contributed by atoms with Gasteiger partial charge in [0.25, 0.3) is 0 Å². The smallest absolute Gasteiger partial charge is 0.137 e. The van der Waals surface area contributed by atoms with E-state index < -0.39 is 6.10 Å². The largest absolute Gasteiger partial charge is 0.495 e. The second-order valence-corrected chi connectivity index (χ2v) is 5.33. The maximum absolute atomic E-state index is 10.2. The van der Waals surface area contributed by atoms with Gasteiger partial charge >= 0.3 is 0 Å². The van der Waals surface area contributed by atoms with Crippen molar-refractivity contribution in [3.8, 4) is 0 Å². The Morgan fingerprint density at radius 1 is 1.47 bits per heavy atom. The highest BCUT2D eigenvalue weighted by atomic mass is 32.1. The summed E-state index contributed by atoms with van der Waals surface area (Å²) in [5, 5.41) is 10.2. The van der Waals surface area contributed by atoms with Crippen LogP contribution in [0.3, 0.4) is 0 Å². The fraction of sp³-hybridized carbons (Fsp3) is 0.500. The van der Waals surface area contributed by atoms with Crippen molar-refractivity contribution in [2.24, 2.45) is 0 Å². The van der Waals surface area contributed by atoms with Gasteiger partial charge in [-0.15, -0.1) is 11.3 Å². The molecular formula is C12H16O2S. The summed E-state index contributed by atoms with van der Waals surface area (Å²) in [6.07, 6.45) is 3.49. The van der Waals surface area contributed by atoms with E-state index in [4.69, 9.17) is 4.74 Å². The molecule has 0 aromatic carbocycles. The highest BCUT2D eigenvalue weighted by Crippen LogP contribution is 2.32. The molecule has 2 nitrogen and oxygen atoms in total. The minimum atomic E-state index is -0.574. The zero-order chi connectivity index (χ0) is 10.8. The molecule has 2 rings (SSSR count). The molecule has 0 aliphatic carbocycles. The van der Waals surface area contributed by atoms with Crippen LogP contribution in [0.1, 0.15) is 34.3 Å². The Bertz CT molecular complexity index is 379. The highest BCUT2D eigenvalue weighted by molar-refractivity contribution is 7.12. The molecule has 1 aliphatic rings. The summed E-state index contributed by atoms with van der Waals surface area (Å²) >= 11 is 1.72. The van der Waals surface area contributed by atoms with Crippen LogP contribution in [0.15, 0.2) is 17.9 Å². The summed E-state index contributed by atoms with van der Waals surface area (Å²) in [6.45, 7) is 4.83. The fourth-order valence-electron chi connectivity index (χ4n) is 1.84. The van der Waals surface area contributed by atoms with E-state index in [1.54, 1.807) is 11.3 Å². The van der Waals surface area contributed by atoms with Crippen LogP contribution in [-0.4, -0.2) is 11.7 Å². The third kappa shape index (κ3) is 2.24. The van der Waals surface area contributed by atoms with Gasteiger partial charge in [-0.25, -0.2) is 0 Å². The fourth-order valence-corrected chi connectivity index (χ4v) is 2.80. The van der Waals surface area contributed by atoms with E-state index in [-0.39, 0.29) is 0 Å². The Morgan fingerprint density at radius 2 is 2.27 bits per heavy atom. The summed E-state index contributed by atoms with van der Waals surface area (Å²) in [6, 6.07) is 2.05. The molecule has 0 saturated heterocycles.